The fourth-order valence-electron chi connectivity index (χ4n) is 3.29. The molecule has 13 heteroatoms. The van der Waals surface area contributed by atoms with Gasteiger partial charge in [0.15, 0.2) is 0 Å². The van der Waals surface area contributed by atoms with E-state index in [0.29, 0.717) is 0 Å². The molecule has 1 heterocycles. The average molecular weight is 511 g/mol. The largest absolute Gasteiger partial charge is 0.466 e. The predicted molar refractivity (Wildman–Crippen MR) is 119 cm³/mol. The summed E-state index contributed by atoms with van der Waals surface area (Å²) < 4.78 is 66.0. The van der Waals surface area contributed by atoms with E-state index in [4.69, 9.17) is 19.3 Å². The van der Waals surface area contributed by atoms with Crippen LogP contribution in [0.2, 0.25) is 0 Å². The Morgan fingerprint density at radius 2 is 1.53 bits per heavy atom. The molecule has 0 aromatic heterocycles. The second-order valence-electron chi connectivity index (χ2n) is 7.21. The monoisotopic (exact) mass is 510 g/mol. The van der Waals surface area contributed by atoms with Crippen LogP contribution in [0.3, 0.4) is 0 Å². The fraction of sp³-hybridized carbons (Fsp3) is 0.238. The minimum absolute atomic E-state index is 0.0718. The maximum Gasteiger partial charge on any atom is 0.355 e. The van der Waals surface area contributed by atoms with Crippen molar-refractivity contribution >= 4 is 37.5 Å². The molecule has 0 bridgehead atoms. The van der Waals surface area contributed by atoms with E-state index in [9.17, 15) is 26.4 Å². The van der Waals surface area contributed by atoms with E-state index in [1.165, 1.54) is 12.1 Å². The van der Waals surface area contributed by atoms with E-state index in [0.717, 1.165) is 42.9 Å². The smallest absolute Gasteiger partial charge is 0.355 e. The summed E-state index contributed by atoms with van der Waals surface area (Å²) >= 11 is 0. The zero-order valence-electron chi connectivity index (χ0n) is 18.5. The zero-order valence-corrected chi connectivity index (χ0v) is 20.1. The lowest BCUT2D eigenvalue weighted by Gasteiger charge is -2.32. The first-order valence-corrected chi connectivity index (χ1v) is 12.7. The third-order valence-electron chi connectivity index (χ3n) is 5.00. The van der Waals surface area contributed by atoms with Crippen LogP contribution in [0.5, 0.6) is 0 Å². The molecule has 0 unspecified atom stereocenters. The van der Waals surface area contributed by atoms with Crippen LogP contribution in [0.25, 0.3) is 0 Å². The van der Waals surface area contributed by atoms with Gasteiger partial charge >= 0.3 is 11.9 Å². The Labute approximate surface area is 196 Å². The molecule has 3 rings (SSSR count). The highest BCUT2D eigenvalue weighted by Gasteiger charge is 2.36. The summed E-state index contributed by atoms with van der Waals surface area (Å²) in [5.41, 5.74) is -0.0202. The number of nitrogens with two attached hydrogens (primary N) is 1. The molecule has 2 aromatic carbocycles. The molecule has 0 aliphatic carbocycles. The van der Waals surface area contributed by atoms with Gasteiger partial charge in [0.2, 0.25) is 19.9 Å². The molecule has 0 spiro atoms. The number of carbonyl (C=O) groups excluding carboxylic acids is 2. The van der Waals surface area contributed by atoms with Crippen molar-refractivity contribution < 1.29 is 40.6 Å². The first kappa shape index (κ1) is 25.4. The van der Waals surface area contributed by atoms with Gasteiger partial charge < -0.3 is 19.1 Å². The van der Waals surface area contributed by atoms with Crippen molar-refractivity contribution in [2.24, 2.45) is 5.14 Å². The maximum atomic E-state index is 13.5. The van der Waals surface area contributed by atoms with E-state index in [-0.39, 0.29) is 33.4 Å². The summed E-state index contributed by atoms with van der Waals surface area (Å²) in [4.78, 5) is 25.2. The number of sulfone groups is 1. The van der Waals surface area contributed by atoms with Crippen molar-refractivity contribution in [3.05, 3.63) is 59.3 Å². The molecule has 182 valence electrons. The SMILES string of the molecule is COC(=O)C1=C(C(=O)OC)N(c2cc(S(N)(=O)=O)ccc2S(=O)(=O)c2ccc(C)cc2)COC1. The minimum Gasteiger partial charge on any atom is -0.466 e. The second kappa shape index (κ2) is 9.54. The number of hydrogen-bond acceptors (Lipinski definition) is 10. The molecule has 0 atom stereocenters. The number of aryl methyl sites for hydroxylation is 1. The molecular weight excluding hydrogens is 488 g/mol. The minimum atomic E-state index is -4.26. The highest BCUT2D eigenvalue weighted by atomic mass is 32.2. The Hall–Kier alpha value is -3.26. The van der Waals surface area contributed by atoms with Crippen molar-refractivity contribution in [3.63, 3.8) is 0 Å². The quantitative estimate of drug-likeness (QED) is 0.552. The van der Waals surface area contributed by atoms with Crippen LogP contribution in [0.4, 0.5) is 5.69 Å². The number of anilines is 1. The van der Waals surface area contributed by atoms with Crippen LogP contribution in [0, 0.1) is 6.92 Å². The highest BCUT2D eigenvalue weighted by Crippen LogP contribution is 2.36. The number of primary sulfonamides is 1. The summed E-state index contributed by atoms with van der Waals surface area (Å²) in [6.45, 7) is 1.08. The number of hydrogen-bond donors (Lipinski definition) is 1. The molecular formula is C21H22N2O9S2. The van der Waals surface area contributed by atoms with Gasteiger partial charge in [-0.3, -0.25) is 0 Å². The maximum absolute atomic E-state index is 13.5. The number of rotatable bonds is 6. The van der Waals surface area contributed by atoms with E-state index >= 15 is 0 Å². The van der Waals surface area contributed by atoms with E-state index in [2.05, 4.69) is 0 Å². The van der Waals surface area contributed by atoms with Crippen LogP contribution < -0.4 is 10.0 Å². The number of carbonyl (C=O) groups is 2. The van der Waals surface area contributed by atoms with Gasteiger partial charge in [0.05, 0.1) is 46.8 Å². The van der Waals surface area contributed by atoms with E-state index < -0.39 is 43.4 Å². The Morgan fingerprint density at radius 3 is 2.09 bits per heavy atom. The first-order chi connectivity index (χ1) is 15.9. The molecule has 2 aromatic rings. The Morgan fingerprint density at radius 1 is 0.941 bits per heavy atom. The number of ether oxygens (including phenoxy) is 3. The van der Waals surface area contributed by atoms with Gasteiger partial charge in [-0.05, 0) is 37.3 Å². The van der Waals surface area contributed by atoms with Crippen molar-refractivity contribution in [2.75, 3.05) is 32.5 Å². The second-order valence-corrected chi connectivity index (χ2v) is 10.7. The van der Waals surface area contributed by atoms with Gasteiger partial charge in [0, 0.05) is 0 Å². The van der Waals surface area contributed by atoms with Crippen LogP contribution in [0.1, 0.15) is 5.56 Å². The third kappa shape index (κ3) is 4.82. The molecule has 0 amide bonds. The van der Waals surface area contributed by atoms with Gasteiger partial charge in [-0.15, -0.1) is 0 Å². The number of methoxy groups -OCH3 is 2. The highest BCUT2D eigenvalue weighted by molar-refractivity contribution is 7.91. The van der Waals surface area contributed by atoms with Crippen LogP contribution in [-0.4, -0.2) is 56.3 Å². The fourth-order valence-corrected chi connectivity index (χ4v) is 5.26. The van der Waals surface area contributed by atoms with Crippen LogP contribution in [-0.2, 0) is 43.7 Å². The standard InChI is InChI=1S/C21H22N2O9S2/c1-13-4-6-14(7-5-13)33(26,27)18-9-8-15(34(22,28)29)10-17(18)23-12-32-11-16(20(24)30-2)19(23)21(25)31-3/h4-10H,11-12H2,1-3H3,(H2,22,28,29). The summed E-state index contributed by atoms with van der Waals surface area (Å²) in [7, 11) is -6.31. The summed E-state index contributed by atoms with van der Waals surface area (Å²) in [6.07, 6.45) is 0. The molecule has 0 saturated heterocycles. The van der Waals surface area contributed by atoms with Gasteiger partial charge in [-0.25, -0.2) is 31.6 Å². The predicted octanol–water partition coefficient (Wildman–Crippen LogP) is 0.869. The summed E-state index contributed by atoms with van der Waals surface area (Å²) in [5, 5.41) is 5.26. The average Bonchev–Trinajstić information content (AvgIpc) is 2.81. The van der Waals surface area contributed by atoms with Gasteiger partial charge in [0.1, 0.15) is 12.4 Å². The van der Waals surface area contributed by atoms with Crippen molar-refractivity contribution in [1.82, 2.24) is 0 Å². The topological polar surface area (TPSA) is 159 Å². The molecule has 1 aliphatic heterocycles. The van der Waals surface area contributed by atoms with E-state index in [1.54, 1.807) is 19.1 Å². The lowest BCUT2D eigenvalue weighted by molar-refractivity contribution is -0.140. The normalized spacial score (nSPS) is 14.6. The molecule has 34 heavy (non-hydrogen) atoms. The van der Waals surface area contributed by atoms with Gasteiger partial charge in [0.25, 0.3) is 0 Å². The molecule has 0 fully saturated rings. The molecule has 0 radical (unpaired) electrons. The van der Waals surface area contributed by atoms with Gasteiger partial charge in [-0.1, -0.05) is 17.7 Å². The van der Waals surface area contributed by atoms with Crippen molar-refractivity contribution in [2.45, 2.75) is 21.6 Å². The molecule has 1 aliphatic rings. The lowest BCUT2D eigenvalue weighted by atomic mass is 10.1. The number of benzene rings is 2. The number of nitrogens with zero attached hydrogens (tertiary/aromatic N) is 1. The summed E-state index contributed by atoms with van der Waals surface area (Å²) in [5.74, 6) is -1.89. The van der Waals surface area contributed by atoms with Crippen molar-refractivity contribution in [3.8, 4) is 0 Å². The Kier molecular flexibility index (Phi) is 7.12. The molecule has 2 N–H and O–H groups in total. The molecule has 0 saturated carbocycles. The molecule has 11 nitrogen and oxygen atoms in total. The third-order valence-corrected chi connectivity index (χ3v) is 7.73. The van der Waals surface area contributed by atoms with Gasteiger partial charge in [-0.2, -0.15) is 0 Å². The lowest BCUT2D eigenvalue weighted by Crippen LogP contribution is -2.39. The van der Waals surface area contributed by atoms with Crippen LogP contribution in [0.15, 0.2) is 68.4 Å². The van der Waals surface area contributed by atoms with E-state index in [1.807, 2.05) is 0 Å². The van der Waals surface area contributed by atoms with Crippen molar-refractivity contribution in [1.29, 1.82) is 0 Å². The number of sulfonamides is 1. The zero-order chi connectivity index (χ0) is 25.3. The Bertz CT molecular complexity index is 1380. The van der Waals surface area contributed by atoms with Crippen LogP contribution >= 0.6 is 0 Å². The summed E-state index contributed by atoms with van der Waals surface area (Å²) in [6, 6.07) is 9.08. The first-order valence-electron chi connectivity index (χ1n) is 9.65. The Balaban J connectivity index is 2.35. The number of esters is 2.